The summed E-state index contributed by atoms with van der Waals surface area (Å²) in [5, 5.41) is 2.92. The zero-order valence-electron chi connectivity index (χ0n) is 9.42. The minimum absolute atomic E-state index is 0.309. The predicted octanol–water partition coefficient (Wildman–Crippen LogP) is 1.35. The maximum atomic E-state index is 11.1. The van der Waals surface area contributed by atoms with E-state index in [4.69, 9.17) is 4.74 Å². The van der Waals surface area contributed by atoms with Crippen LogP contribution in [0.25, 0.3) is 0 Å². The zero-order chi connectivity index (χ0) is 12.5. The zero-order valence-corrected chi connectivity index (χ0v) is 10.2. The van der Waals surface area contributed by atoms with Crippen LogP contribution in [0.5, 0.6) is 0 Å². The molecular formula is C11H13NO4S. The van der Waals surface area contributed by atoms with Crippen molar-refractivity contribution in [2.45, 2.75) is 12.8 Å². The number of esters is 2. The standard InChI is InChI=1S/C11H13NO4S/c1-15-10(13)4-5-11(14)16-7-2-3-9-12-6-8-17-9/h4-6,8H,2-3,7H2,1H3/b5-4+. The molecule has 0 unspecified atom stereocenters. The first-order valence-electron chi connectivity index (χ1n) is 5.03. The molecule has 1 aromatic rings. The van der Waals surface area contributed by atoms with Crippen LogP contribution in [0.15, 0.2) is 23.7 Å². The van der Waals surface area contributed by atoms with Crippen molar-refractivity contribution in [3.05, 3.63) is 28.7 Å². The molecule has 17 heavy (non-hydrogen) atoms. The van der Waals surface area contributed by atoms with E-state index < -0.39 is 11.9 Å². The lowest BCUT2D eigenvalue weighted by Gasteiger charge is -2.00. The molecule has 0 amide bonds. The van der Waals surface area contributed by atoms with Gasteiger partial charge in [-0.3, -0.25) is 0 Å². The Hall–Kier alpha value is -1.69. The van der Waals surface area contributed by atoms with Gasteiger partial charge in [-0.15, -0.1) is 11.3 Å². The lowest BCUT2D eigenvalue weighted by molar-refractivity contribution is -0.139. The lowest BCUT2D eigenvalue weighted by atomic mass is 10.3. The fraction of sp³-hybridized carbons (Fsp3) is 0.364. The molecule has 5 nitrogen and oxygen atoms in total. The van der Waals surface area contributed by atoms with Gasteiger partial charge in [0.25, 0.3) is 0 Å². The molecule has 0 fully saturated rings. The Balaban J connectivity index is 2.12. The highest BCUT2D eigenvalue weighted by Crippen LogP contribution is 2.06. The Bertz CT molecular complexity index is 386. The third-order valence-corrected chi connectivity index (χ3v) is 2.66. The maximum absolute atomic E-state index is 11.1. The van der Waals surface area contributed by atoms with Crippen molar-refractivity contribution < 1.29 is 19.1 Å². The fourth-order valence-electron chi connectivity index (χ4n) is 1.02. The van der Waals surface area contributed by atoms with E-state index in [1.807, 2.05) is 5.38 Å². The maximum Gasteiger partial charge on any atom is 0.331 e. The predicted molar refractivity (Wildman–Crippen MR) is 62.6 cm³/mol. The van der Waals surface area contributed by atoms with Crippen LogP contribution in [0.3, 0.4) is 0 Å². The molecule has 6 heteroatoms. The van der Waals surface area contributed by atoms with Crippen LogP contribution < -0.4 is 0 Å². The summed E-state index contributed by atoms with van der Waals surface area (Å²) in [7, 11) is 1.24. The average Bonchev–Trinajstić information content (AvgIpc) is 2.84. The number of aryl methyl sites for hydroxylation is 1. The Morgan fingerprint density at radius 3 is 2.82 bits per heavy atom. The molecule has 1 aromatic heterocycles. The highest BCUT2D eigenvalue weighted by molar-refractivity contribution is 7.09. The van der Waals surface area contributed by atoms with Crippen LogP contribution in [0.2, 0.25) is 0 Å². The van der Waals surface area contributed by atoms with Gasteiger partial charge in [-0.1, -0.05) is 0 Å². The normalized spacial score (nSPS) is 10.4. The van der Waals surface area contributed by atoms with Gasteiger partial charge in [0.15, 0.2) is 0 Å². The number of hydrogen-bond donors (Lipinski definition) is 0. The van der Waals surface area contributed by atoms with Crippen molar-refractivity contribution >= 4 is 23.3 Å². The fourth-order valence-corrected chi connectivity index (χ4v) is 1.69. The summed E-state index contributed by atoms with van der Waals surface area (Å²) in [6, 6.07) is 0. The van der Waals surface area contributed by atoms with Crippen molar-refractivity contribution in [3.8, 4) is 0 Å². The highest BCUT2D eigenvalue weighted by Gasteiger charge is 2.00. The molecular weight excluding hydrogens is 242 g/mol. The molecule has 0 radical (unpaired) electrons. The molecule has 0 N–H and O–H groups in total. The van der Waals surface area contributed by atoms with Gasteiger partial charge < -0.3 is 9.47 Å². The number of thiazole rings is 1. The van der Waals surface area contributed by atoms with Crippen LogP contribution in [0.1, 0.15) is 11.4 Å². The molecule has 0 aliphatic heterocycles. The van der Waals surface area contributed by atoms with E-state index in [0.29, 0.717) is 13.0 Å². The number of nitrogens with zero attached hydrogens (tertiary/aromatic N) is 1. The average molecular weight is 255 g/mol. The SMILES string of the molecule is COC(=O)/C=C/C(=O)OCCCc1nccs1. The van der Waals surface area contributed by atoms with Crippen LogP contribution >= 0.6 is 11.3 Å². The van der Waals surface area contributed by atoms with Gasteiger partial charge in [0.05, 0.1) is 18.7 Å². The van der Waals surface area contributed by atoms with Crippen LogP contribution in [-0.4, -0.2) is 30.6 Å². The van der Waals surface area contributed by atoms with E-state index in [2.05, 4.69) is 9.72 Å². The summed E-state index contributed by atoms with van der Waals surface area (Å²) in [5.74, 6) is -1.13. The molecule has 1 heterocycles. The van der Waals surface area contributed by atoms with E-state index in [0.717, 1.165) is 23.6 Å². The molecule has 0 saturated carbocycles. The molecule has 0 aliphatic carbocycles. The van der Waals surface area contributed by atoms with Gasteiger partial charge in [0.2, 0.25) is 0 Å². The van der Waals surface area contributed by atoms with Gasteiger partial charge in [-0.05, 0) is 6.42 Å². The smallest absolute Gasteiger partial charge is 0.331 e. The second kappa shape index (κ2) is 7.56. The van der Waals surface area contributed by atoms with Gasteiger partial charge in [-0.25, -0.2) is 14.6 Å². The second-order valence-electron chi connectivity index (χ2n) is 3.05. The van der Waals surface area contributed by atoms with Crippen LogP contribution in [0, 0.1) is 0 Å². The Morgan fingerprint density at radius 1 is 1.41 bits per heavy atom. The third kappa shape index (κ3) is 5.82. The monoisotopic (exact) mass is 255 g/mol. The number of aromatic nitrogens is 1. The molecule has 92 valence electrons. The van der Waals surface area contributed by atoms with E-state index in [1.54, 1.807) is 17.5 Å². The summed E-state index contributed by atoms with van der Waals surface area (Å²) < 4.78 is 9.21. The molecule has 0 aromatic carbocycles. The van der Waals surface area contributed by atoms with Gasteiger partial charge >= 0.3 is 11.9 Å². The number of rotatable bonds is 6. The first-order chi connectivity index (χ1) is 8.22. The van der Waals surface area contributed by atoms with Crippen molar-refractivity contribution in [3.63, 3.8) is 0 Å². The van der Waals surface area contributed by atoms with E-state index >= 15 is 0 Å². The molecule has 0 saturated heterocycles. The van der Waals surface area contributed by atoms with E-state index in [-0.39, 0.29) is 0 Å². The van der Waals surface area contributed by atoms with Gasteiger partial charge in [-0.2, -0.15) is 0 Å². The summed E-state index contributed by atoms with van der Waals surface area (Å²) in [5.41, 5.74) is 0. The van der Waals surface area contributed by atoms with E-state index in [1.165, 1.54) is 7.11 Å². The first-order valence-corrected chi connectivity index (χ1v) is 5.91. The Labute approximate surface area is 103 Å². The Kier molecular flexibility index (Phi) is 5.95. The van der Waals surface area contributed by atoms with Crippen LogP contribution in [0.4, 0.5) is 0 Å². The highest BCUT2D eigenvalue weighted by atomic mass is 32.1. The topological polar surface area (TPSA) is 65.5 Å². The first kappa shape index (κ1) is 13.4. The minimum Gasteiger partial charge on any atom is -0.466 e. The van der Waals surface area contributed by atoms with Gasteiger partial charge in [0.1, 0.15) is 0 Å². The number of carbonyl (C=O) groups excluding carboxylic acids is 2. The quantitative estimate of drug-likeness (QED) is 0.436. The van der Waals surface area contributed by atoms with Crippen LogP contribution in [-0.2, 0) is 25.5 Å². The molecule has 0 spiro atoms. The van der Waals surface area contributed by atoms with Crippen molar-refractivity contribution in [1.29, 1.82) is 0 Å². The third-order valence-electron chi connectivity index (χ3n) is 1.82. The molecule has 0 bridgehead atoms. The molecule has 1 rings (SSSR count). The number of methoxy groups -OCH3 is 1. The van der Waals surface area contributed by atoms with Gasteiger partial charge in [0, 0.05) is 30.1 Å². The summed E-state index contributed by atoms with van der Waals surface area (Å²) >= 11 is 1.57. The van der Waals surface area contributed by atoms with Crippen molar-refractivity contribution in [1.82, 2.24) is 4.98 Å². The lowest BCUT2D eigenvalue weighted by Crippen LogP contribution is -2.04. The summed E-state index contributed by atoms with van der Waals surface area (Å²) in [6.45, 7) is 0.309. The number of hydrogen-bond acceptors (Lipinski definition) is 6. The second-order valence-corrected chi connectivity index (χ2v) is 4.03. The Morgan fingerprint density at radius 2 is 2.18 bits per heavy atom. The summed E-state index contributed by atoms with van der Waals surface area (Å²) in [6.07, 6.45) is 5.32. The summed E-state index contributed by atoms with van der Waals surface area (Å²) in [4.78, 5) is 25.9. The largest absolute Gasteiger partial charge is 0.466 e. The number of ether oxygens (including phenoxy) is 2. The number of carbonyl (C=O) groups is 2. The molecule has 0 aliphatic rings. The van der Waals surface area contributed by atoms with Crippen molar-refractivity contribution in [2.75, 3.05) is 13.7 Å². The molecule has 0 atom stereocenters. The minimum atomic E-state index is -0.579. The van der Waals surface area contributed by atoms with E-state index in [9.17, 15) is 9.59 Å². The van der Waals surface area contributed by atoms with Crippen molar-refractivity contribution in [2.24, 2.45) is 0 Å².